The van der Waals surface area contributed by atoms with Crippen LogP contribution in [0.1, 0.15) is 36.1 Å². The number of aryl methyl sites for hydroxylation is 2. The fraction of sp³-hybridized carbons (Fsp3) is 0.310. The second-order valence-electron chi connectivity index (χ2n) is 9.18. The van der Waals surface area contributed by atoms with Crippen LogP contribution < -0.4 is 10.1 Å². The first-order valence-corrected chi connectivity index (χ1v) is 12.7. The monoisotopic (exact) mass is 526 g/mol. The molecule has 0 aliphatic carbocycles. The number of halogens is 2. The summed E-state index contributed by atoms with van der Waals surface area (Å²) in [4.78, 5) is 28.6. The van der Waals surface area contributed by atoms with Gasteiger partial charge in [0.15, 0.2) is 6.61 Å². The number of carbonyl (C=O) groups excluding carboxylic acids is 2. The second-order valence-corrected chi connectivity index (χ2v) is 10.0. The van der Waals surface area contributed by atoms with Crippen molar-refractivity contribution >= 4 is 35.0 Å². The van der Waals surface area contributed by atoms with Crippen LogP contribution in [0.5, 0.6) is 5.75 Å². The molecule has 0 fully saturated rings. The molecule has 3 rings (SSSR count). The summed E-state index contributed by atoms with van der Waals surface area (Å²) in [5.41, 5.74) is 3.68. The van der Waals surface area contributed by atoms with E-state index in [0.29, 0.717) is 27.8 Å². The van der Waals surface area contributed by atoms with Gasteiger partial charge in [-0.3, -0.25) is 9.59 Å². The molecule has 0 unspecified atom stereocenters. The van der Waals surface area contributed by atoms with Gasteiger partial charge in [0.05, 0.1) is 0 Å². The Balaban J connectivity index is 1.95. The number of amides is 2. The average molecular weight is 527 g/mol. The van der Waals surface area contributed by atoms with Crippen molar-refractivity contribution in [3.63, 3.8) is 0 Å². The third-order valence-electron chi connectivity index (χ3n) is 5.74. The number of ether oxygens (including phenoxy) is 1. The Morgan fingerprint density at radius 1 is 0.972 bits per heavy atom. The lowest BCUT2D eigenvalue weighted by Gasteiger charge is -2.32. The Morgan fingerprint density at radius 3 is 2.33 bits per heavy atom. The minimum Gasteiger partial charge on any atom is -0.483 e. The van der Waals surface area contributed by atoms with Gasteiger partial charge in [-0.1, -0.05) is 77.3 Å². The maximum Gasteiger partial charge on any atom is 0.261 e. The van der Waals surface area contributed by atoms with Crippen LogP contribution in [0.3, 0.4) is 0 Å². The first kappa shape index (κ1) is 27.6. The van der Waals surface area contributed by atoms with Gasteiger partial charge in [-0.05, 0) is 62.6 Å². The van der Waals surface area contributed by atoms with Crippen molar-refractivity contribution in [2.45, 2.75) is 52.7 Å². The first-order valence-electron chi connectivity index (χ1n) is 11.9. The summed E-state index contributed by atoms with van der Waals surface area (Å²) >= 11 is 12.5. The molecule has 0 saturated heterocycles. The average Bonchev–Trinajstić information content (AvgIpc) is 2.82. The molecule has 0 aromatic heterocycles. The van der Waals surface area contributed by atoms with E-state index < -0.39 is 6.04 Å². The third kappa shape index (κ3) is 7.74. The Kier molecular flexibility index (Phi) is 9.80. The van der Waals surface area contributed by atoms with Crippen LogP contribution in [-0.2, 0) is 22.6 Å². The summed E-state index contributed by atoms with van der Waals surface area (Å²) in [7, 11) is 0. The molecule has 0 radical (unpaired) electrons. The minimum atomic E-state index is -0.767. The molecule has 36 heavy (non-hydrogen) atoms. The maximum atomic E-state index is 13.7. The number of carbonyl (C=O) groups is 2. The van der Waals surface area contributed by atoms with Crippen molar-refractivity contribution < 1.29 is 14.3 Å². The van der Waals surface area contributed by atoms with Crippen molar-refractivity contribution in [3.8, 4) is 5.75 Å². The van der Waals surface area contributed by atoms with Gasteiger partial charge in [0.1, 0.15) is 11.8 Å². The SMILES string of the molecule is Cc1ccc(OCC(=O)N(Cc2ccc(Cl)cc2Cl)[C@H](Cc2ccccc2)C(=O)NC(C)C)c(C)c1. The Labute approximate surface area is 223 Å². The zero-order valence-corrected chi connectivity index (χ0v) is 22.6. The van der Waals surface area contributed by atoms with Gasteiger partial charge in [0.25, 0.3) is 5.91 Å². The molecule has 7 heteroatoms. The van der Waals surface area contributed by atoms with Gasteiger partial charge in [-0.15, -0.1) is 0 Å². The highest BCUT2D eigenvalue weighted by atomic mass is 35.5. The van der Waals surface area contributed by atoms with Crippen molar-refractivity contribution in [2.24, 2.45) is 0 Å². The van der Waals surface area contributed by atoms with Gasteiger partial charge in [0, 0.05) is 29.1 Å². The van der Waals surface area contributed by atoms with Crippen LogP contribution in [-0.4, -0.2) is 35.4 Å². The summed E-state index contributed by atoms with van der Waals surface area (Å²) in [6.07, 6.45) is 0.347. The van der Waals surface area contributed by atoms with E-state index >= 15 is 0 Å². The molecule has 0 spiro atoms. The van der Waals surface area contributed by atoms with Crippen LogP contribution in [0.25, 0.3) is 0 Å². The van der Waals surface area contributed by atoms with E-state index in [1.54, 1.807) is 23.1 Å². The molecular formula is C29H32Cl2N2O3. The number of rotatable bonds is 10. The Morgan fingerprint density at radius 2 is 1.69 bits per heavy atom. The Bertz CT molecular complexity index is 1200. The fourth-order valence-corrected chi connectivity index (χ4v) is 4.42. The second kappa shape index (κ2) is 12.8. The van der Waals surface area contributed by atoms with Crippen LogP contribution in [0.2, 0.25) is 10.0 Å². The molecule has 0 saturated carbocycles. The van der Waals surface area contributed by atoms with E-state index in [1.807, 2.05) is 76.2 Å². The van der Waals surface area contributed by atoms with Gasteiger partial charge in [-0.25, -0.2) is 0 Å². The van der Waals surface area contributed by atoms with E-state index in [2.05, 4.69) is 5.32 Å². The Hall–Kier alpha value is -3.02. The summed E-state index contributed by atoms with van der Waals surface area (Å²) < 4.78 is 5.91. The third-order valence-corrected chi connectivity index (χ3v) is 6.33. The fourth-order valence-electron chi connectivity index (χ4n) is 3.95. The van der Waals surface area contributed by atoms with Crippen LogP contribution in [0, 0.1) is 13.8 Å². The van der Waals surface area contributed by atoms with Crippen molar-refractivity contribution in [1.82, 2.24) is 10.2 Å². The van der Waals surface area contributed by atoms with Gasteiger partial charge in [-0.2, -0.15) is 0 Å². The number of nitrogens with zero attached hydrogens (tertiary/aromatic N) is 1. The lowest BCUT2D eigenvalue weighted by atomic mass is 10.0. The number of hydrogen-bond donors (Lipinski definition) is 1. The standard InChI is InChI=1S/C29H32Cl2N2O3/c1-19(2)32-29(35)26(15-22-8-6-5-7-9-22)33(17-23-11-12-24(30)16-25(23)31)28(34)18-36-27-13-10-20(3)14-21(27)4/h5-14,16,19,26H,15,17-18H2,1-4H3,(H,32,35)/t26-/m1/s1. The van der Waals surface area contributed by atoms with Gasteiger partial charge in [0.2, 0.25) is 5.91 Å². The molecule has 3 aromatic carbocycles. The highest BCUT2D eigenvalue weighted by Gasteiger charge is 2.31. The van der Waals surface area contributed by atoms with E-state index in [0.717, 1.165) is 16.7 Å². The zero-order chi connectivity index (χ0) is 26.2. The minimum absolute atomic E-state index is 0.0849. The first-order chi connectivity index (χ1) is 17.1. The van der Waals surface area contributed by atoms with E-state index in [9.17, 15) is 9.59 Å². The number of hydrogen-bond acceptors (Lipinski definition) is 3. The smallest absolute Gasteiger partial charge is 0.261 e. The normalized spacial score (nSPS) is 11.8. The van der Waals surface area contributed by atoms with Crippen molar-refractivity contribution in [3.05, 3.63) is 99.0 Å². The van der Waals surface area contributed by atoms with E-state index in [4.69, 9.17) is 27.9 Å². The topological polar surface area (TPSA) is 58.6 Å². The molecule has 1 N–H and O–H groups in total. The molecule has 5 nitrogen and oxygen atoms in total. The predicted octanol–water partition coefficient (Wildman–Crippen LogP) is 6.15. The lowest BCUT2D eigenvalue weighted by molar-refractivity contribution is -0.143. The largest absolute Gasteiger partial charge is 0.483 e. The maximum absolute atomic E-state index is 13.7. The quantitative estimate of drug-likeness (QED) is 0.344. The molecule has 0 aliphatic heterocycles. The highest BCUT2D eigenvalue weighted by Crippen LogP contribution is 2.25. The van der Waals surface area contributed by atoms with Crippen molar-refractivity contribution in [2.75, 3.05) is 6.61 Å². The summed E-state index contributed by atoms with van der Waals surface area (Å²) in [6, 6.07) is 19.7. The molecule has 1 atom stereocenters. The van der Waals surface area contributed by atoms with Crippen LogP contribution in [0.4, 0.5) is 0 Å². The molecule has 2 amide bonds. The molecule has 0 heterocycles. The predicted molar refractivity (Wildman–Crippen MR) is 146 cm³/mol. The van der Waals surface area contributed by atoms with E-state index in [-0.39, 0.29) is 31.0 Å². The van der Waals surface area contributed by atoms with Gasteiger partial charge < -0.3 is 15.0 Å². The van der Waals surface area contributed by atoms with Crippen molar-refractivity contribution in [1.29, 1.82) is 0 Å². The zero-order valence-electron chi connectivity index (χ0n) is 21.1. The van der Waals surface area contributed by atoms with Gasteiger partial charge >= 0.3 is 0 Å². The summed E-state index contributed by atoms with van der Waals surface area (Å²) in [6.45, 7) is 7.64. The molecule has 190 valence electrons. The van der Waals surface area contributed by atoms with E-state index in [1.165, 1.54) is 0 Å². The van der Waals surface area contributed by atoms with Crippen LogP contribution in [0.15, 0.2) is 66.7 Å². The molecule has 0 bridgehead atoms. The van der Waals surface area contributed by atoms with Crippen LogP contribution >= 0.6 is 23.2 Å². The lowest BCUT2D eigenvalue weighted by Crippen LogP contribution is -2.52. The number of nitrogens with one attached hydrogen (secondary N) is 1. The summed E-state index contributed by atoms with van der Waals surface area (Å²) in [5.74, 6) is 0.0734. The number of benzene rings is 3. The molecule has 0 aliphatic rings. The highest BCUT2D eigenvalue weighted by molar-refractivity contribution is 6.35. The summed E-state index contributed by atoms with van der Waals surface area (Å²) in [5, 5.41) is 3.90. The molecule has 3 aromatic rings. The molecular weight excluding hydrogens is 495 g/mol.